The first kappa shape index (κ1) is 14.9. The molecule has 23 heavy (non-hydrogen) atoms. The van der Waals surface area contributed by atoms with Gasteiger partial charge in [-0.3, -0.25) is 4.79 Å². The average molecular weight is 311 g/mol. The lowest BCUT2D eigenvalue weighted by Crippen LogP contribution is -2.35. The Labute approximate surface area is 134 Å². The van der Waals surface area contributed by atoms with E-state index in [9.17, 15) is 9.59 Å². The zero-order valence-corrected chi connectivity index (χ0v) is 12.9. The summed E-state index contributed by atoms with van der Waals surface area (Å²) in [5, 5.41) is 5.65. The summed E-state index contributed by atoms with van der Waals surface area (Å²) in [5.74, 6) is 0.283. The molecule has 2 aromatic carbocycles. The van der Waals surface area contributed by atoms with Gasteiger partial charge in [-0.25, -0.2) is 4.79 Å². The number of nitrogens with zero attached hydrogens (tertiary/aromatic N) is 1. The molecule has 2 N–H and O–H groups in total. The van der Waals surface area contributed by atoms with Crippen LogP contribution in [0.1, 0.15) is 15.9 Å². The lowest BCUT2D eigenvalue weighted by Gasteiger charge is -2.26. The second kappa shape index (κ2) is 6.00. The van der Waals surface area contributed by atoms with Crippen LogP contribution in [0.4, 0.5) is 16.2 Å². The predicted octanol–water partition coefficient (Wildman–Crippen LogP) is 2.92. The highest BCUT2D eigenvalue weighted by molar-refractivity contribution is 6.06. The minimum Gasteiger partial charge on any atom is -0.496 e. The number of carbonyl (C=O) groups is 2. The predicted molar refractivity (Wildman–Crippen MR) is 87.9 cm³/mol. The maximum Gasteiger partial charge on any atom is 0.321 e. The van der Waals surface area contributed by atoms with Crippen LogP contribution in [0.15, 0.2) is 42.5 Å². The summed E-state index contributed by atoms with van der Waals surface area (Å²) in [5.41, 5.74) is 2.86. The van der Waals surface area contributed by atoms with Crippen molar-refractivity contribution in [2.75, 3.05) is 24.8 Å². The van der Waals surface area contributed by atoms with E-state index in [1.54, 1.807) is 42.3 Å². The Kier molecular flexibility index (Phi) is 3.89. The molecule has 1 heterocycles. The molecule has 0 spiro atoms. The van der Waals surface area contributed by atoms with E-state index in [0.717, 1.165) is 11.3 Å². The van der Waals surface area contributed by atoms with E-state index in [4.69, 9.17) is 4.74 Å². The fourth-order valence-electron chi connectivity index (χ4n) is 2.49. The highest BCUT2D eigenvalue weighted by Gasteiger charge is 2.20. The number of ether oxygens (including phenoxy) is 1. The average Bonchev–Trinajstić information content (AvgIpc) is 2.56. The van der Waals surface area contributed by atoms with Crippen LogP contribution in [0.25, 0.3) is 0 Å². The number of hydrogen-bond donors (Lipinski definition) is 2. The molecule has 0 bridgehead atoms. The van der Waals surface area contributed by atoms with Gasteiger partial charge in [0.25, 0.3) is 5.91 Å². The number of hydrogen-bond acceptors (Lipinski definition) is 3. The fraction of sp³-hybridized carbons (Fsp3) is 0.176. The minimum atomic E-state index is -0.240. The van der Waals surface area contributed by atoms with Crippen molar-refractivity contribution in [2.45, 2.75) is 6.54 Å². The van der Waals surface area contributed by atoms with Gasteiger partial charge in [0.2, 0.25) is 0 Å². The summed E-state index contributed by atoms with van der Waals surface area (Å²) in [7, 11) is 3.25. The Balaban J connectivity index is 1.82. The third-order valence-corrected chi connectivity index (χ3v) is 3.71. The first-order valence-corrected chi connectivity index (χ1v) is 7.18. The van der Waals surface area contributed by atoms with E-state index < -0.39 is 0 Å². The molecule has 118 valence electrons. The number of amides is 3. The molecule has 0 aromatic heterocycles. The Morgan fingerprint density at radius 3 is 2.83 bits per heavy atom. The molecule has 0 unspecified atom stereocenters. The van der Waals surface area contributed by atoms with Crippen LogP contribution < -0.4 is 15.4 Å². The smallest absolute Gasteiger partial charge is 0.321 e. The van der Waals surface area contributed by atoms with Gasteiger partial charge in [0.05, 0.1) is 12.7 Å². The second-order valence-corrected chi connectivity index (χ2v) is 5.31. The summed E-state index contributed by atoms with van der Waals surface area (Å²) in [4.78, 5) is 25.6. The topological polar surface area (TPSA) is 70.7 Å². The van der Waals surface area contributed by atoms with Crippen molar-refractivity contribution in [3.63, 3.8) is 0 Å². The Bertz CT molecular complexity index is 773. The van der Waals surface area contributed by atoms with E-state index >= 15 is 0 Å². The maximum absolute atomic E-state index is 12.4. The summed E-state index contributed by atoms with van der Waals surface area (Å²) >= 11 is 0. The van der Waals surface area contributed by atoms with Gasteiger partial charge in [-0.1, -0.05) is 12.1 Å². The van der Waals surface area contributed by atoms with Crippen LogP contribution in [-0.2, 0) is 6.54 Å². The number of para-hydroxylation sites is 1. The van der Waals surface area contributed by atoms with E-state index in [-0.39, 0.29) is 11.9 Å². The van der Waals surface area contributed by atoms with Crippen molar-refractivity contribution in [1.29, 1.82) is 0 Å². The molecule has 0 radical (unpaired) electrons. The number of methoxy groups -OCH3 is 1. The minimum absolute atomic E-state index is 0.136. The van der Waals surface area contributed by atoms with Gasteiger partial charge >= 0.3 is 6.03 Å². The standard InChI is InChI=1S/C17H17N3O3/c1-20-10-11-9-12(7-8-14(11)19-17(20)22)18-16(21)13-5-3-4-6-15(13)23-2/h3-9H,10H2,1-2H3,(H,18,21)(H,19,22). The zero-order valence-electron chi connectivity index (χ0n) is 12.9. The Morgan fingerprint density at radius 2 is 2.04 bits per heavy atom. The summed E-state index contributed by atoms with van der Waals surface area (Å²) in [6.45, 7) is 0.500. The van der Waals surface area contributed by atoms with E-state index in [2.05, 4.69) is 10.6 Å². The van der Waals surface area contributed by atoms with E-state index in [1.165, 1.54) is 7.11 Å². The summed E-state index contributed by atoms with van der Waals surface area (Å²) < 4.78 is 5.21. The highest BCUT2D eigenvalue weighted by Crippen LogP contribution is 2.26. The summed E-state index contributed by atoms with van der Waals surface area (Å²) in [6, 6.07) is 12.3. The molecule has 0 aliphatic carbocycles. The lowest BCUT2D eigenvalue weighted by atomic mass is 10.1. The van der Waals surface area contributed by atoms with Crippen molar-refractivity contribution in [3.05, 3.63) is 53.6 Å². The number of benzene rings is 2. The molecular weight excluding hydrogens is 294 g/mol. The molecule has 3 rings (SSSR count). The Hall–Kier alpha value is -3.02. The van der Waals surface area contributed by atoms with Crippen LogP contribution in [0.2, 0.25) is 0 Å². The molecule has 2 aromatic rings. The van der Waals surface area contributed by atoms with Crippen LogP contribution in [-0.4, -0.2) is 31.0 Å². The monoisotopic (exact) mass is 311 g/mol. The number of nitrogens with one attached hydrogen (secondary N) is 2. The number of fused-ring (bicyclic) bond motifs is 1. The van der Waals surface area contributed by atoms with Gasteiger partial charge in [-0.2, -0.15) is 0 Å². The molecule has 0 atom stereocenters. The van der Waals surface area contributed by atoms with Gasteiger partial charge in [-0.05, 0) is 35.9 Å². The molecule has 1 aliphatic heterocycles. The van der Waals surface area contributed by atoms with Crippen LogP contribution in [0.5, 0.6) is 5.75 Å². The van der Waals surface area contributed by atoms with Gasteiger partial charge in [0, 0.05) is 25.0 Å². The van der Waals surface area contributed by atoms with Gasteiger partial charge in [-0.15, -0.1) is 0 Å². The van der Waals surface area contributed by atoms with Gasteiger partial charge < -0.3 is 20.3 Å². The molecule has 0 fully saturated rings. The van der Waals surface area contributed by atoms with Crippen molar-refractivity contribution in [1.82, 2.24) is 4.90 Å². The zero-order chi connectivity index (χ0) is 16.4. The second-order valence-electron chi connectivity index (χ2n) is 5.31. The first-order chi connectivity index (χ1) is 11.1. The van der Waals surface area contributed by atoms with Crippen molar-refractivity contribution in [3.8, 4) is 5.75 Å². The molecule has 0 saturated heterocycles. The highest BCUT2D eigenvalue weighted by atomic mass is 16.5. The summed E-state index contributed by atoms with van der Waals surface area (Å²) in [6.07, 6.45) is 0. The molecule has 6 nitrogen and oxygen atoms in total. The molecule has 0 saturated carbocycles. The number of carbonyl (C=O) groups excluding carboxylic acids is 2. The number of urea groups is 1. The van der Waals surface area contributed by atoms with Crippen LogP contribution in [0.3, 0.4) is 0 Å². The quantitative estimate of drug-likeness (QED) is 0.915. The Morgan fingerprint density at radius 1 is 1.26 bits per heavy atom. The SMILES string of the molecule is COc1ccccc1C(=O)Nc1ccc2c(c1)CN(C)C(=O)N2. The lowest BCUT2D eigenvalue weighted by molar-refractivity contribution is 0.102. The normalized spacial score (nSPS) is 13.1. The molecule has 3 amide bonds. The van der Waals surface area contributed by atoms with Crippen molar-refractivity contribution >= 4 is 23.3 Å². The molecule has 6 heteroatoms. The van der Waals surface area contributed by atoms with Crippen LogP contribution in [0, 0.1) is 0 Å². The van der Waals surface area contributed by atoms with Crippen molar-refractivity contribution in [2.24, 2.45) is 0 Å². The third-order valence-electron chi connectivity index (χ3n) is 3.71. The molecule has 1 aliphatic rings. The fourth-order valence-corrected chi connectivity index (χ4v) is 2.49. The van der Waals surface area contributed by atoms with E-state index in [1.807, 2.05) is 12.1 Å². The largest absolute Gasteiger partial charge is 0.496 e. The van der Waals surface area contributed by atoms with Crippen molar-refractivity contribution < 1.29 is 14.3 Å². The van der Waals surface area contributed by atoms with Crippen LogP contribution >= 0.6 is 0 Å². The number of anilines is 2. The molecular formula is C17H17N3O3. The third kappa shape index (κ3) is 2.96. The van der Waals surface area contributed by atoms with Gasteiger partial charge in [0.15, 0.2) is 0 Å². The van der Waals surface area contributed by atoms with E-state index in [0.29, 0.717) is 23.5 Å². The van der Waals surface area contributed by atoms with Gasteiger partial charge in [0.1, 0.15) is 5.75 Å². The first-order valence-electron chi connectivity index (χ1n) is 7.18. The number of rotatable bonds is 3. The maximum atomic E-state index is 12.4.